The fourth-order valence-corrected chi connectivity index (χ4v) is 3.36. The average molecular weight is 317 g/mol. The van der Waals surface area contributed by atoms with Crippen molar-refractivity contribution in [3.05, 3.63) is 11.8 Å². The Morgan fingerprint density at radius 1 is 1.23 bits per heavy atom. The number of aromatic nitrogens is 2. The minimum absolute atomic E-state index is 0.0710. The number of rotatable bonds is 5. The maximum Gasteiger partial charge on any atom is 0.433 e. The van der Waals surface area contributed by atoms with Gasteiger partial charge in [-0.3, -0.25) is 4.68 Å². The second-order valence-corrected chi connectivity index (χ2v) is 6.41. The molecule has 3 rings (SSSR count). The lowest BCUT2D eigenvalue weighted by atomic mass is 9.74. The van der Waals surface area contributed by atoms with Gasteiger partial charge in [0, 0.05) is 19.7 Å². The third kappa shape index (κ3) is 3.39. The van der Waals surface area contributed by atoms with Gasteiger partial charge in [-0.15, -0.1) is 5.10 Å². The molecule has 124 valence electrons. The molecule has 2 atom stereocenters. The van der Waals surface area contributed by atoms with Crippen molar-refractivity contribution in [1.29, 1.82) is 0 Å². The molecule has 1 aromatic rings. The van der Waals surface area contributed by atoms with Crippen LogP contribution in [0.5, 0.6) is 5.88 Å². The molecule has 0 amide bonds. The molecule has 1 saturated carbocycles. The number of hydrogen-bond donors (Lipinski definition) is 0. The van der Waals surface area contributed by atoms with Crippen LogP contribution in [-0.4, -0.2) is 40.9 Å². The van der Waals surface area contributed by atoms with Gasteiger partial charge in [0.05, 0.1) is 6.61 Å². The molecule has 0 spiro atoms. The van der Waals surface area contributed by atoms with E-state index in [4.69, 9.17) is 4.74 Å². The highest BCUT2D eigenvalue weighted by atomic mass is 19.4. The van der Waals surface area contributed by atoms with E-state index in [1.165, 1.54) is 39.4 Å². The standard InChI is InChI=1S/C15H22F3N3O/c1-20-13(15(16,17)18)8-14(19-20)22-10-12-5-4-11(12)9-21-6-2-3-7-21/h8,11-12H,2-7,9-10H2,1H3/t11-,12-/m0/s1. The summed E-state index contributed by atoms with van der Waals surface area (Å²) in [7, 11) is 1.29. The van der Waals surface area contributed by atoms with Crippen molar-refractivity contribution in [1.82, 2.24) is 14.7 Å². The van der Waals surface area contributed by atoms with Crippen molar-refractivity contribution in [3.63, 3.8) is 0 Å². The minimum atomic E-state index is -4.39. The lowest BCUT2D eigenvalue weighted by Crippen LogP contribution is -2.39. The molecule has 2 aliphatic rings. The number of ether oxygens (including phenoxy) is 1. The first-order valence-corrected chi connectivity index (χ1v) is 7.90. The normalized spacial score (nSPS) is 26.2. The molecular formula is C15H22F3N3O. The Bertz CT molecular complexity index is 509. The Labute approximate surface area is 128 Å². The van der Waals surface area contributed by atoms with Crippen LogP contribution < -0.4 is 4.74 Å². The second-order valence-electron chi connectivity index (χ2n) is 6.41. The number of halogens is 3. The molecule has 1 aliphatic heterocycles. The Hall–Kier alpha value is -1.24. The Morgan fingerprint density at radius 2 is 1.91 bits per heavy atom. The van der Waals surface area contributed by atoms with Gasteiger partial charge in [0.1, 0.15) is 5.69 Å². The Kier molecular flexibility index (Phi) is 4.34. The predicted molar refractivity (Wildman–Crippen MR) is 75.6 cm³/mol. The quantitative estimate of drug-likeness (QED) is 0.836. The molecule has 2 fully saturated rings. The summed E-state index contributed by atoms with van der Waals surface area (Å²) < 4.78 is 44.5. The second kappa shape index (κ2) is 6.10. The third-order valence-electron chi connectivity index (χ3n) is 4.86. The van der Waals surface area contributed by atoms with Crippen molar-refractivity contribution in [3.8, 4) is 5.88 Å². The van der Waals surface area contributed by atoms with Gasteiger partial charge in [0.15, 0.2) is 0 Å². The van der Waals surface area contributed by atoms with E-state index < -0.39 is 11.9 Å². The van der Waals surface area contributed by atoms with Crippen LogP contribution in [-0.2, 0) is 13.2 Å². The van der Waals surface area contributed by atoms with E-state index in [9.17, 15) is 13.2 Å². The summed E-state index contributed by atoms with van der Waals surface area (Å²) in [5, 5.41) is 3.80. The molecule has 0 N–H and O–H groups in total. The number of aryl methyl sites for hydroxylation is 1. The van der Waals surface area contributed by atoms with Crippen molar-refractivity contribution in [2.45, 2.75) is 31.9 Å². The highest BCUT2D eigenvalue weighted by Crippen LogP contribution is 2.36. The van der Waals surface area contributed by atoms with Crippen LogP contribution in [0, 0.1) is 11.8 Å². The molecule has 1 aliphatic carbocycles. The monoisotopic (exact) mass is 317 g/mol. The van der Waals surface area contributed by atoms with Gasteiger partial charge in [-0.05, 0) is 50.6 Å². The topological polar surface area (TPSA) is 30.3 Å². The molecule has 0 radical (unpaired) electrons. The van der Waals surface area contributed by atoms with Crippen LogP contribution in [0.25, 0.3) is 0 Å². The zero-order valence-corrected chi connectivity index (χ0v) is 12.8. The minimum Gasteiger partial charge on any atom is -0.476 e. The van der Waals surface area contributed by atoms with E-state index in [-0.39, 0.29) is 5.88 Å². The largest absolute Gasteiger partial charge is 0.476 e. The van der Waals surface area contributed by atoms with Gasteiger partial charge in [0.2, 0.25) is 5.88 Å². The fraction of sp³-hybridized carbons (Fsp3) is 0.800. The summed E-state index contributed by atoms with van der Waals surface area (Å²) in [6, 6.07) is 0.980. The van der Waals surface area contributed by atoms with Gasteiger partial charge < -0.3 is 9.64 Å². The highest BCUT2D eigenvalue weighted by molar-refractivity contribution is 5.18. The molecule has 0 bridgehead atoms. The number of nitrogens with zero attached hydrogens (tertiary/aromatic N) is 3. The lowest BCUT2D eigenvalue weighted by molar-refractivity contribution is -0.143. The van der Waals surface area contributed by atoms with Crippen molar-refractivity contribution < 1.29 is 17.9 Å². The molecule has 4 nitrogen and oxygen atoms in total. The molecule has 22 heavy (non-hydrogen) atoms. The summed E-state index contributed by atoms with van der Waals surface area (Å²) in [5.41, 5.74) is -0.773. The zero-order valence-electron chi connectivity index (χ0n) is 12.8. The zero-order chi connectivity index (χ0) is 15.7. The van der Waals surface area contributed by atoms with Crippen molar-refractivity contribution in [2.24, 2.45) is 18.9 Å². The van der Waals surface area contributed by atoms with Crippen LogP contribution in [0.2, 0.25) is 0 Å². The van der Waals surface area contributed by atoms with Gasteiger partial charge >= 0.3 is 6.18 Å². The van der Waals surface area contributed by atoms with Crippen LogP contribution in [0.15, 0.2) is 6.07 Å². The van der Waals surface area contributed by atoms with Crippen molar-refractivity contribution in [2.75, 3.05) is 26.2 Å². The maximum atomic E-state index is 12.7. The molecule has 7 heteroatoms. The average Bonchev–Trinajstić information content (AvgIpc) is 3.03. The van der Waals surface area contributed by atoms with E-state index in [2.05, 4.69) is 10.00 Å². The van der Waals surface area contributed by atoms with Crippen LogP contribution in [0.4, 0.5) is 13.2 Å². The first kappa shape index (κ1) is 15.6. The number of hydrogen-bond acceptors (Lipinski definition) is 3. The maximum absolute atomic E-state index is 12.7. The SMILES string of the molecule is Cn1nc(OC[C@@H]2CC[C@H]2CN2CCCC2)cc1C(F)(F)F. The van der Waals surface area contributed by atoms with E-state index >= 15 is 0 Å². The smallest absolute Gasteiger partial charge is 0.433 e. The van der Waals surface area contributed by atoms with Gasteiger partial charge in [-0.1, -0.05) is 0 Å². The summed E-state index contributed by atoms with van der Waals surface area (Å²) in [6.07, 6.45) is 0.459. The van der Waals surface area contributed by atoms with E-state index in [1.807, 2.05) is 0 Å². The van der Waals surface area contributed by atoms with Crippen LogP contribution in [0.3, 0.4) is 0 Å². The highest BCUT2D eigenvalue weighted by Gasteiger charge is 2.36. The molecule has 2 heterocycles. The van der Waals surface area contributed by atoms with Crippen LogP contribution in [0.1, 0.15) is 31.4 Å². The molecular weight excluding hydrogens is 295 g/mol. The number of alkyl halides is 3. The summed E-state index contributed by atoms with van der Waals surface area (Å²) >= 11 is 0. The van der Waals surface area contributed by atoms with E-state index in [0.717, 1.165) is 23.7 Å². The molecule has 0 unspecified atom stereocenters. The first-order chi connectivity index (χ1) is 10.4. The Morgan fingerprint density at radius 3 is 2.45 bits per heavy atom. The van der Waals surface area contributed by atoms with Gasteiger partial charge in [-0.25, -0.2) is 0 Å². The van der Waals surface area contributed by atoms with E-state index in [0.29, 0.717) is 18.4 Å². The predicted octanol–water partition coefficient (Wildman–Crippen LogP) is 2.94. The van der Waals surface area contributed by atoms with Gasteiger partial charge in [-0.2, -0.15) is 13.2 Å². The lowest BCUT2D eigenvalue weighted by Gasteiger charge is -2.38. The summed E-state index contributed by atoms with van der Waals surface area (Å²) in [6.45, 7) is 3.93. The molecule has 1 aromatic heterocycles. The fourth-order valence-electron chi connectivity index (χ4n) is 3.36. The summed E-state index contributed by atoms with van der Waals surface area (Å²) in [4.78, 5) is 2.49. The number of likely N-dealkylation sites (tertiary alicyclic amines) is 1. The van der Waals surface area contributed by atoms with Crippen molar-refractivity contribution >= 4 is 0 Å². The van der Waals surface area contributed by atoms with Gasteiger partial charge in [0.25, 0.3) is 0 Å². The molecule has 0 aromatic carbocycles. The summed E-state index contributed by atoms with van der Waals surface area (Å²) in [5.74, 6) is 1.13. The van der Waals surface area contributed by atoms with Crippen LogP contribution >= 0.6 is 0 Å². The molecule has 1 saturated heterocycles. The first-order valence-electron chi connectivity index (χ1n) is 7.90. The Balaban J connectivity index is 1.50. The third-order valence-corrected chi connectivity index (χ3v) is 4.86. The van der Waals surface area contributed by atoms with E-state index in [1.54, 1.807) is 0 Å².